The highest BCUT2D eigenvalue weighted by atomic mass is 16.5. The fourth-order valence-corrected chi connectivity index (χ4v) is 6.70. The van der Waals surface area contributed by atoms with E-state index in [-0.39, 0.29) is 5.41 Å². The van der Waals surface area contributed by atoms with Crippen molar-refractivity contribution in [1.82, 2.24) is 0 Å². The minimum Gasteiger partial charge on any atom is -0.497 e. The van der Waals surface area contributed by atoms with E-state index in [1.807, 2.05) is 24.3 Å². The zero-order valence-electron chi connectivity index (χ0n) is 23.9. The highest BCUT2D eigenvalue weighted by molar-refractivity contribution is 6.09. The van der Waals surface area contributed by atoms with Crippen molar-refractivity contribution in [3.63, 3.8) is 0 Å². The molecular weight excluding hydrogens is 508 g/mol. The van der Waals surface area contributed by atoms with Gasteiger partial charge in [0.1, 0.15) is 23.0 Å². The molecule has 1 heterocycles. The van der Waals surface area contributed by atoms with Gasteiger partial charge < -0.3 is 18.9 Å². The number of hydrogen-bond acceptors (Lipinski definition) is 4. The van der Waals surface area contributed by atoms with E-state index in [1.54, 1.807) is 21.3 Å². The topological polar surface area (TPSA) is 36.9 Å². The van der Waals surface area contributed by atoms with Crippen LogP contribution in [0.5, 0.6) is 23.0 Å². The molecule has 1 aliphatic carbocycles. The van der Waals surface area contributed by atoms with Crippen LogP contribution >= 0.6 is 0 Å². The van der Waals surface area contributed by atoms with Gasteiger partial charge in [0, 0.05) is 27.5 Å². The Morgan fingerprint density at radius 2 is 1.27 bits per heavy atom. The molecule has 0 spiro atoms. The molecule has 0 fully saturated rings. The van der Waals surface area contributed by atoms with Gasteiger partial charge in [0.2, 0.25) is 0 Å². The SMILES string of the molecule is COc1ccc(C2(c3ccccc3)C=Cc3c4c(c5ccc(OC)cc5c3O2)-c2ccc(OC)cc2C4(C)C)cc1. The third kappa shape index (κ3) is 3.60. The molecule has 4 nitrogen and oxygen atoms in total. The van der Waals surface area contributed by atoms with Crippen LogP contribution in [-0.2, 0) is 11.0 Å². The summed E-state index contributed by atoms with van der Waals surface area (Å²) in [4.78, 5) is 0. The van der Waals surface area contributed by atoms with Gasteiger partial charge >= 0.3 is 0 Å². The summed E-state index contributed by atoms with van der Waals surface area (Å²) in [6.45, 7) is 4.59. The van der Waals surface area contributed by atoms with Crippen LogP contribution in [0.25, 0.3) is 28.0 Å². The van der Waals surface area contributed by atoms with E-state index in [0.29, 0.717) is 0 Å². The quantitative estimate of drug-likeness (QED) is 0.224. The highest BCUT2D eigenvalue weighted by Gasteiger charge is 2.44. The average Bonchev–Trinajstić information content (AvgIpc) is 3.27. The summed E-state index contributed by atoms with van der Waals surface area (Å²) >= 11 is 0. The summed E-state index contributed by atoms with van der Waals surface area (Å²) < 4.78 is 24.2. The lowest BCUT2D eigenvalue weighted by atomic mass is 9.76. The van der Waals surface area contributed by atoms with Crippen molar-refractivity contribution in [3.05, 3.63) is 125 Å². The smallest absolute Gasteiger partial charge is 0.178 e. The van der Waals surface area contributed by atoms with Crippen molar-refractivity contribution >= 4 is 16.8 Å². The molecular formula is C37H32O4. The van der Waals surface area contributed by atoms with Gasteiger partial charge in [-0.15, -0.1) is 0 Å². The third-order valence-electron chi connectivity index (χ3n) is 8.77. The van der Waals surface area contributed by atoms with Gasteiger partial charge in [-0.3, -0.25) is 0 Å². The standard InChI is InChI=1S/C37H32O4/c1-36(2)32-22-27(40-5)16-18-29(32)33-28-17-15-26(39-4)21-31(28)35-30(34(33)36)19-20-37(41-35,23-9-7-6-8-10-23)24-11-13-25(38-3)14-12-24/h6-22H,1-5H3. The molecule has 1 unspecified atom stereocenters. The normalized spacial score (nSPS) is 17.8. The largest absolute Gasteiger partial charge is 0.497 e. The second-order valence-corrected chi connectivity index (χ2v) is 11.2. The van der Waals surface area contributed by atoms with Crippen molar-refractivity contribution in [1.29, 1.82) is 0 Å². The Bertz CT molecular complexity index is 1830. The maximum atomic E-state index is 7.33. The minimum atomic E-state index is -0.830. The van der Waals surface area contributed by atoms with Crippen LogP contribution in [0.15, 0.2) is 97.1 Å². The number of benzene rings is 5. The van der Waals surface area contributed by atoms with Crippen molar-refractivity contribution in [3.8, 4) is 34.1 Å². The first-order chi connectivity index (χ1) is 19.9. The summed E-state index contributed by atoms with van der Waals surface area (Å²) in [5.74, 6) is 3.31. The predicted octanol–water partition coefficient (Wildman–Crippen LogP) is 8.52. The lowest BCUT2D eigenvalue weighted by Crippen LogP contribution is -2.35. The first-order valence-electron chi connectivity index (χ1n) is 13.9. The lowest BCUT2D eigenvalue weighted by molar-refractivity contribution is 0.163. The van der Waals surface area contributed by atoms with Crippen LogP contribution in [0.4, 0.5) is 0 Å². The fourth-order valence-electron chi connectivity index (χ4n) is 6.70. The van der Waals surface area contributed by atoms with Gasteiger partial charge in [0.05, 0.1) is 21.3 Å². The molecule has 0 saturated heterocycles. The van der Waals surface area contributed by atoms with Crippen LogP contribution in [0, 0.1) is 0 Å². The second kappa shape index (κ2) is 9.17. The molecule has 0 aromatic heterocycles. The Kier molecular flexibility index (Phi) is 5.65. The Balaban J connectivity index is 1.55. The Labute approximate surface area is 240 Å². The summed E-state index contributed by atoms with van der Waals surface area (Å²) in [6, 6.07) is 31.3. The average molecular weight is 541 g/mol. The van der Waals surface area contributed by atoms with Crippen molar-refractivity contribution < 1.29 is 18.9 Å². The Morgan fingerprint density at radius 3 is 1.98 bits per heavy atom. The maximum Gasteiger partial charge on any atom is 0.178 e. The van der Waals surface area contributed by atoms with E-state index in [0.717, 1.165) is 50.5 Å². The molecule has 5 aromatic rings. The van der Waals surface area contributed by atoms with Crippen LogP contribution in [0.3, 0.4) is 0 Å². The third-order valence-corrected chi connectivity index (χ3v) is 8.77. The van der Waals surface area contributed by atoms with Gasteiger partial charge in [-0.05, 0) is 76.2 Å². The van der Waals surface area contributed by atoms with Crippen molar-refractivity contribution in [2.45, 2.75) is 24.9 Å². The predicted molar refractivity (Wildman–Crippen MR) is 164 cm³/mol. The zero-order chi connectivity index (χ0) is 28.4. The van der Waals surface area contributed by atoms with E-state index < -0.39 is 5.60 Å². The fraction of sp³-hybridized carbons (Fsp3) is 0.189. The molecule has 41 heavy (non-hydrogen) atoms. The molecule has 0 radical (unpaired) electrons. The van der Waals surface area contributed by atoms with Gasteiger partial charge in [-0.2, -0.15) is 0 Å². The Hall–Kier alpha value is -4.70. The van der Waals surface area contributed by atoms with E-state index >= 15 is 0 Å². The first-order valence-corrected chi connectivity index (χ1v) is 13.9. The molecule has 0 amide bonds. The molecule has 1 atom stereocenters. The molecule has 0 bridgehead atoms. The number of methoxy groups -OCH3 is 3. The second-order valence-electron chi connectivity index (χ2n) is 11.2. The maximum absolute atomic E-state index is 7.33. The molecule has 7 rings (SSSR count). The van der Waals surface area contributed by atoms with Crippen LogP contribution in [-0.4, -0.2) is 21.3 Å². The number of ether oxygens (including phenoxy) is 4. The van der Waals surface area contributed by atoms with Gasteiger partial charge in [-0.25, -0.2) is 0 Å². The van der Waals surface area contributed by atoms with Crippen LogP contribution in [0.1, 0.15) is 41.7 Å². The minimum absolute atomic E-state index is 0.266. The number of rotatable bonds is 5. The molecule has 5 aromatic carbocycles. The van der Waals surface area contributed by atoms with Gasteiger partial charge in [-0.1, -0.05) is 68.5 Å². The summed E-state index contributed by atoms with van der Waals surface area (Å²) in [5.41, 5.74) is 7.07. The molecule has 2 aliphatic rings. The molecule has 4 heteroatoms. The van der Waals surface area contributed by atoms with E-state index in [2.05, 4.69) is 92.7 Å². The molecule has 0 saturated carbocycles. The monoisotopic (exact) mass is 540 g/mol. The summed E-state index contributed by atoms with van der Waals surface area (Å²) in [6.07, 6.45) is 4.47. The van der Waals surface area contributed by atoms with Gasteiger partial charge in [0.25, 0.3) is 0 Å². The lowest BCUT2D eigenvalue weighted by Gasteiger charge is -2.38. The van der Waals surface area contributed by atoms with Crippen LogP contribution in [0.2, 0.25) is 0 Å². The molecule has 1 aliphatic heterocycles. The first kappa shape index (κ1) is 25.3. The number of hydrogen-bond donors (Lipinski definition) is 0. The summed E-state index contributed by atoms with van der Waals surface area (Å²) in [7, 11) is 5.11. The van der Waals surface area contributed by atoms with Crippen molar-refractivity contribution in [2.75, 3.05) is 21.3 Å². The zero-order valence-corrected chi connectivity index (χ0v) is 23.9. The number of fused-ring (bicyclic) bond motifs is 8. The van der Waals surface area contributed by atoms with Gasteiger partial charge in [0.15, 0.2) is 5.60 Å². The van der Waals surface area contributed by atoms with E-state index in [9.17, 15) is 0 Å². The van der Waals surface area contributed by atoms with E-state index in [1.165, 1.54) is 22.3 Å². The molecule has 204 valence electrons. The van der Waals surface area contributed by atoms with Crippen LogP contribution < -0.4 is 18.9 Å². The molecule has 0 N–H and O–H groups in total. The van der Waals surface area contributed by atoms with Crippen molar-refractivity contribution in [2.24, 2.45) is 0 Å². The Morgan fingerprint density at radius 1 is 0.634 bits per heavy atom. The highest BCUT2D eigenvalue weighted by Crippen LogP contribution is 2.58. The summed E-state index contributed by atoms with van der Waals surface area (Å²) in [5, 5.41) is 2.17. The van der Waals surface area contributed by atoms with E-state index in [4.69, 9.17) is 18.9 Å².